The van der Waals surface area contributed by atoms with Gasteiger partial charge < -0.3 is 15.2 Å². The molecule has 0 bridgehead atoms. The molecule has 2 heterocycles. The van der Waals surface area contributed by atoms with Crippen LogP contribution in [-0.2, 0) is 14.3 Å². The molecule has 0 radical (unpaired) electrons. The van der Waals surface area contributed by atoms with E-state index < -0.39 is 12.0 Å². The highest BCUT2D eigenvalue weighted by molar-refractivity contribution is 5.82. The Morgan fingerprint density at radius 1 is 1.35 bits per heavy atom. The number of nitrogens with one attached hydrogen (secondary N) is 1. The van der Waals surface area contributed by atoms with Gasteiger partial charge in [0.05, 0.1) is 13.2 Å². The number of morpholine rings is 1. The van der Waals surface area contributed by atoms with E-state index in [1.807, 2.05) is 0 Å². The molecule has 2 aliphatic heterocycles. The molecule has 2 atom stereocenters. The second kappa shape index (κ2) is 7.01. The van der Waals surface area contributed by atoms with Gasteiger partial charge in [-0.25, -0.2) is 4.79 Å². The van der Waals surface area contributed by atoms with Gasteiger partial charge in [0.2, 0.25) is 5.91 Å². The van der Waals surface area contributed by atoms with Gasteiger partial charge in [-0.2, -0.15) is 0 Å². The summed E-state index contributed by atoms with van der Waals surface area (Å²) in [6.07, 6.45) is 1.05. The van der Waals surface area contributed by atoms with Crippen molar-refractivity contribution in [3.05, 3.63) is 0 Å². The number of rotatable bonds is 5. The van der Waals surface area contributed by atoms with E-state index in [1.54, 1.807) is 0 Å². The second-order valence-corrected chi connectivity index (χ2v) is 5.44. The SMILES string of the molecule is CC(=O)NC(CN1CCC(N2CCOCC2)C1)C(=O)O. The molecule has 0 spiro atoms. The zero-order valence-corrected chi connectivity index (χ0v) is 11.9. The highest BCUT2D eigenvalue weighted by atomic mass is 16.5. The highest BCUT2D eigenvalue weighted by Gasteiger charge is 2.31. The summed E-state index contributed by atoms with van der Waals surface area (Å²) >= 11 is 0. The molecule has 114 valence electrons. The molecule has 2 saturated heterocycles. The van der Waals surface area contributed by atoms with Crippen LogP contribution < -0.4 is 5.32 Å². The van der Waals surface area contributed by atoms with Crippen molar-refractivity contribution in [1.29, 1.82) is 0 Å². The van der Waals surface area contributed by atoms with Crippen LogP contribution in [0.15, 0.2) is 0 Å². The van der Waals surface area contributed by atoms with Crippen LogP contribution in [0.4, 0.5) is 0 Å². The van der Waals surface area contributed by atoms with Crippen LogP contribution in [-0.4, -0.2) is 84.8 Å². The van der Waals surface area contributed by atoms with Gasteiger partial charge in [-0.1, -0.05) is 0 Å². The molecule has 2 fully saturated rings. The van der Waals surface area contributed by atoms with Crippen LogP contribution in [0.1, 0.15) is 13.3 Å². The van der Waals surface area contributed by atoms with E-state index in [9.17, 15) is 9.59 Å². The average Bonchev–Trinajstić information content (AvgIpc) is 2.87. The number of carbonyl (C=O) groups excluding carboxylic acids is 1. The number of carbonyl (C=O) groups is 2. The Hall–Kier alpha value is -1.18. The summed E-state index contributed by atoms with van der Waals surface area (Å²) in [5, 5.41) is 11.6. The van der Waals surface area contributed by atoms with Crippen molar-refractivity contribution < 1.29 is 19.4 Å². The molecule has 1 amide bonds. The van der Waals surface area contributed by atoms with Gasteiger partial charge in [0.1, 0.15) is 6.04 Å². The number of hydrogen-bond donors (Lipinski definition) is 2. The molecular formula is C13H23N3O4. The number of carboxylic acids is 1. The topological polar surface area (TPSA) is 82.1 Å². The fourth-order valence-electron chi connectivity index (χ4n) is 2.91. The Balaban J connectivity index is 1.81. The lowest BCUT2D eigenvalue weighted by atomic mass is 10.2. The predicted molar refractivity (Wildman–Crippen MR) is 72.5 cm³/mol. The Morgan fingerprint density at radius 3 is 2.65 bits per heavy atom. The van der Waals surface area contributed by atoms with Crippen LogP contribution in [0.5, 0.6) is 0 Å². The summed E-state index contributed by atoms with van der Waals surface area (Å²) < 4.78 is 5.35. The van der Waals surface area contributed by atoms with Gasteiger partial charge in [0.25, 0.3) is 0 Å². The summed E-state index contributed by atoms with van der Waals surface area (Å²) in [6.45, 7) is 6.92. The van der Waals surface area contributed by atoms with Crippen LogP contribution in [0, 0.1) is 0 Å². The van der Waals surface area contributed by atoms with Crippen LogP contribution in [0.2, 0.25) is 0 Å². The minimum absolute atomic E-state index is 0.304. The predicted octanol–water partition coefficient (Wildman–Crippen LogP) is -1.02. The number of aliphatic carboxylic acids is 1. The van der Waals surface area contributed by atoms with Crippen molar-refractivity contribution in [3.8, 4) is 0 Å². The minimum atomic E-state index is -0.977. The van der Waals surface area contributed by atoms with Gasteiger partial charge in [0.15, 0.2) is 0 Å². The highest BCUT2D eigenvalue weighted by Crippen LogP contribution is 2.17. The summed E-state index contributed by atoms with van der Waals surface area (Å²) in [7, 11) is 0. The number of amides is 1. The fraction of sp³-hybridized carbons (Fsp3) is 0.846. The lowest BCUT2D eigenvalue weighted by Crippen LogP contribution is -2.49. The second-order valence-electron chi connectivity index (χ2n) is 5.44. The monoisotopic (exact) mass is 285 g/mol. The standard InChI is InChI=1S/C13H23N3O4/c1-10(17)14-12(13(18)19)9-15-3-2-11(8-15)16-4-6-20-7-5-16/h11-12H,2-9H2,1H3,(H,14,17)(H,18,19). The molecule has 0 saturated carbocycles. The van der Waals surface area contributed by atoms with E-state index in [0.29, 0.717) is 12.6 Å². The molecule has 0 aliphatic carbocycles. The van der Waals surface area contributed by atoms with Gasteiger partial charge in [-0.3, -0.25) is 14.6 Å². The first kappa shape index (κ1) is 15.2. The lowest BCUT2D eigenvalue weighted by molar-refractivity contribution is -0.142. The largest absolute Gasteiger partial charge is 0.480 e. The number of hydrogen-bond acceptors (Lipinski definition) is 5. The first-order chi connectivity index (χ1) is 9.56. The van der Waals surface area contributed by atoms with E-state index >= 15 is 0 Å². The quantitative estimate of drug-likeness (QED) is 0.673. The zero-order valence-electron chi connectivity index (χ0n) is 11.9. The average molecular weight is 285 g/mol. The number of nitrogens with zero attached hydrogens (tertiary/aromatic N) is 2. The molecular weight excluding hydrogens is 262 g/mol. The van der Waals surface area contributed by atoms with Gasteiger partial charge in [-0.15, -0.1) is 0 Å². The van der Waals surface area contributed by atoms with E-state index in [0.717, 1.165) is 45.8 Å². The van der Waals surface area contributed by atoms with Crippen LogP contribution >= 0.6 is 0 Å². The normalized spacial score (nSPS) is 26.4. The van der Waals surface area contributed by atoms with Crippen molar-refractivity contribution >= 4 is 11.9 Å². The molecule has 7 nitrogen and oxygen atoms in total. The van der Waals surface area contributed by atoms with E-state index in [1.165, 1.54) is 6.92 Å². The Labute approximate surface area is 118 Å². The van der Waals surface area contributed by atoms with Crippen LogP contribution in [0.25, 0.3) is 0 Å². The maximum atomic E-state index is 11.1. The molecule has 0 aromatic rings. The lowest BCUT2D eigenvalue weighted by Gasteiger charge is -2.32. The summed E-state index contributed by atoms with van der Waals surface area (Å²) in [5.41, 5.74) is 0. The van der Waals surface area contributed by atoms with E-state index in [2.05, 4.69) is 15.1 Å². The first-order valence-corrected chi connectivity index (χ1v) is 7.10. The van der Waals surface area contributed by atoms with Crippen molar-refractivity contribution in [2.75, 3.05) is 45.9 Å². The smallest absolute Gasteiger partial charge is 0.327 e. The molecule has 7 heteroatoms. The summed E-state index contributed by atoms with van der Waals surface area (Å²) in [6, 6.07) is -0.346. The first-order valence-electron chi connectivity index (χ1n) is 7.10. The summed E-state index contributed by atoms with van der Waals surface area (Å²) in [4.78, 5) is 26.7. The molecule has 2 unspecified atom stereocenters. The Bertz CT molecular complexity index is 358. The van der Waals surface area contributed by atoms with E-state index in [4.69, 9.17) is 9.84 Å². The maximum Gasteiger partial charge on any atom is 0.327 e. The zero-order chi connectivity index (χ0) is 14.5. The number of ether oxygens (including phenoxy) is 1. The fourth-order valence-corrected chi connectivity index (χ4v) is 2.91. The van der Waals surface area contributed by atoms with Gasteiger partial charge >= 0.3 is 5.97 Å². The van der Waals surface area contributed by atoms with E-state index in [-0.39, 0.29) is 5.91 Å². The van der Waals surface area contributed by atoms with Crippen molar-refractivity contribution in [3.63, 3.8) is 0 Å². The molecule has 2 N–H and O–H groups in total. The maximum absolute atomic E-state index is 11.1. The Kier molecular flexibility index (Phi) is 5.33. The number of likely N-dealkylation sites (tertiary alicyclic amines) is 1. The molecule has 20 heavy (non-hydrogen) atoms. The van der Waals surface area contributed by atoms with Crippen molar-refractivity contribution in [1.82, 2.24) is 15.1 Å². The van der Waals surface area contributed by atoms with Crippen molar-refractivity contribution in [2.24, 2.45) is 0 Å². The molecule has 2 rings (SSSR count). The molecule has 0 aromatic heterocycles. The van der Waals surface area contributed by atoms with Crippen LogP contribution in [0.3, 0.4) is 0 Å². The van der Waals surface area contributed by atoms with Gasteiger partial charge in [-0.05, 0) is 13.0 Å². The summed E-state index contributed by atoms with van der Waals surface area (Å²) in [5.74, 6) is -1.28. The molecule has 0 aromatic carbocycles. The van der Waals surface area contributed by atoms with Gasteiger partial charge in [0, 0.05) is 39.1 Å². The minimum Gasteiger partial charge on any atom is -0.480 e. The third-order valence-electron chi connectivity index (χ3n) is 3.93. The third kappa shape index (κ3) is 4.16. The van der Waals surface area contributed by atoms with Crippen molar-refractivity contribution in [2.45, 2.75) is 25.4 Å². The molecule has 2 aliphatic rings. The third-order valence-corrected chi connectivity index (χ3v) is 3.93. The number of carboxylic acid groups (broad SMARTS) is 1. The Morgan fingerprint density at radius 2 is 2.05 bits per heavy atom.